The van der Waals surface area contributed by atoms with Gasteiger partial charge in [0.15, 0.2) is 0 Å². The molecule has 2 unspecified atom stereocenters. The average molecular weight is 220 g/mol. The van der Waals surface area contributed by atoms with E-state index in [2.05, 4.69) is 33.6 Å². The Labute approximate surface area is 96.7 Å². The molecule has 2 aliphatic heterocycles. The van der Waals surface area contributed by atoms with E-state index >= 15 is 0 Å². The summed E-state index contributed by atoms with van der Waals surface area (Å²) in [6.07, 6.45) is 4.89. The highest BCUT2D eigenvalue weighted by Gasteiger charge is 2.29. The monoisotopic (exact) mass is 220 g/mol. The summed E-state index contributed by atoms with van der Waals surface area (Å²) in [6.45, 7) is 4.64. The average Bonchev–Trinajstić information content (AvgIpc) is 2.84. The molecule has 0 N–H and O–H groups in total. The van der Waals surface area contributed by atoms with Crippen molar-refractivity contribution in [2.75, 3.05) is 20.1 Å². The highest BCUT2D eigenvalue weighted by atomic mass is 15.3. The number of aryl methyl sites for hydroxylation is 1. The van der Waals surface area contributed by atoms with Crippen LogP contribution >= 0.6 is 0 Å². The van der Waals surface area contributed by atoms with Crippen molar-refractivity contribution in [3.63, 3.8) is 0 Å². The zero-order valence-corrected chi connectivity index (χ0v) is 10.2. The van der Waals surface area contributed by atoms with E-state index < -0.39 is 0 Å². The van der Waals surface area contributed by atoms with Gasteiger partial charge in [0, 0.05) is 24.9 Å². The molecule has 3 heterocycles. The number of rotatable bonds is 1. The molecular weight excluding hydrogens is 200 g/mol. The van der Waals surface area contributed by atoms with Crippen LogP contribution in [0.25, 0.3) is 0 Å². The molecule has 0 radical (unpaired) electrons. The highest BCUT2D eigenvalue weighted by Crippen LogP contribution is 2.31. The summed E-state index contributed by atoms with van der Waals surface area (Å²) >= 11 is 0. The minimum Gasteiger partial charge on any atom is -0.312 e. The standard InChI is InChI=1S/C12H20N4/c1-9-4-3-5-11-13-14-12(16(9)11)10-6-7-15(2)8-10/h9-10H,3-8H2,1-2H3. The van der Waals surface area contributed by atoms with E-state index in [1.807, 2.05) is 0 Å². The van der Waals surface area contributed by atoms with Gasteiger partial charge >= 0.3 is 0 Å². The molecule has 1 aromatic rings. The number of hydrogen-bond donors (Lipinski definition) is 0. The van der Waals surface area contributed by atoms with Gasteiger partial charge in [-0.25, -0.2) is 0 Å². The third-order valence-corrected chi connectivity index (χ3v) is 4.01. The van der Waals surface area contributed by atoms with Crippen molar-refractivity contribution < 1.29 is 0 Å². The number of fused-ring (bicyclic) bond motifs is 1. The number of likely N-dealkylation sites (tertiary alicyclic amines) is 1. The van der Waals surface area contributed by atoms with Crippen LogP contribution in [0.5, 0.6) is 0 Å². The molecule has 0 aromatic carbocycles. The Kier molecular flexibility index (Phi) is 2.46. The number of aromatic nitrogens is 3. The predicted molar refractivity (Wildman–Crippen MR) is 62.5 cm³/mol. The number of nitrogens with zero attached hydrogens (tertiary/aromatic N) is 4. The van der Waals surface area contributed by atoms with E-state index in [4.69, 9.17) is 0 Å². The molecule has 4 heteroatoms. The Hall–Kier alpha value is -0.900. The van der Waals surface area contributed by atoms with Crippen LogP contribution < -0.4 is 0 Å². The molecule has 88 valence electrons. The minimum atomic E-state index is 0.597. The van der Waals surface area contributed by atoms with Crippen molar-refractivity contribution in [3.8, 4) is 0 Å². The predicted octanol–water partition coefficient (Wildman–Crippen LogP) is 1.59. The summed E-state index contributed by atoms with van der Waals surface area (Å²) in [5.41, 5.74) is 0. The van der Waals surface area contributed by atoms with Gasteiger partial charge in [-0.3, -0.25) is 0 Å². The van der Waals surface area contributed by atoms with E-state index in [0.717, 1.165) is 13.0 Å². The Balaban J connectivity index is 1.93. The van der Waals surface area contributed by atoms with Gasteiger partial charge in [0.2, 0.25) is 0 Å². The van der Waals surface area contributed by atoms with Crippen LogP contribution in [-0.4, -0.2) is 39.8 Å². The number of hydrogen-bond acceptors (Lipinski definition) is 3. The van der Waals surface area contributed by atoms with Gasteiger partial charge in [-0.2, -0.15) is 0 Å². The van der Waals surface area contributed by atoms with Gasteiger partial charge in [0.05, 0.1) is 0 Å². The van der Waals surface area contributed by atoms with Crippen molar-refractivity contribution in [1.82, 2.24) is 19.7 Å². The van der Waals surface area contributed by atoms with Crippen LogP contribution in [0.2, 0.25) is 0 Å². The van der Waals surface area contributed by atoms with Crippen molar-refractivity contribution in [2.45, 2.75) is 44.6 Å². The molecule has 1 aromatic heterocycles. The first-order valence-electron chi connectivity index (χ1n) is 6.38. The largest absolute Gasteiger partial charge is 0.312 e. The van der Waals surface area contributed by atoms with Crippen molar-refractivity contribution in [3.05, 3.63) is 11.6 Å². The summed E-state index contributed by atoms with van der Waals surface area (Å²) in [5.74, 6) is 3.06. The third kappa shape index (κ3) is 1.56. The second kappa shape index (κ2) is 3.84. The molecule has 2 aliphatic rings. The molecule has 0 aliphatic carbocycles. The zero-order valence-electron chi connectivity index (χ0n) is 10.2. The van der Waals surface area contributed by atoms with Crippen LogP contribution in [0.4, 0.5) is 0 Å². The van der Waals surface area contributed by atoms with Gasteiger partial charge in [0.25, 0.3) is 0 Å². The maximum atomic E-state index is 4.45. The van der Waals surface area contributed by atoms with Gasteiger partial charge in [0.1, 0.15) is 11.6 Å². The summed E-state index contributed by atoms with van der Waals surface area (Å²) in [5, 5.41) is 8.82. The molecule has 3 rings (SSSR count). The second-order valence-electron chi connectivity index (χ2n) is 5.33. The van der Waals surface area contributed by atoms with Crippen LogP contribution in [0.15, 0.2) is 0 Å². The first-order valence-corrected chi connectivity index (χ1v) is 6.38. The molecule has 0 saturated carbocycles. The van der Waals surface area contributed by atoms with Gasteiger partial charge in [-0.05, 0) is 39.8 Å². The van der Waals surface area contributed by atoms with E-state index in [1.54, 1.807) is 0 Å². The van der Waals surface area contributed by atoms with Crippen molar-refractivity contribution >= 4 is 0 Å². The lowest BCUT2D eigenvalue weighted by atomic mass is 10.0. The lowest BCUT2D eigenvalue weighted by Crippen LogP contribution is -2.21. The first-order chi connectivity index (χ1) is 7.75. The molecule has 1 fully saturated rings. The topological polar surface area (TPSA) is 34.0 Å². The fraction of sp³-hybridized carbons (Fsp3) is 0.833. The minimum absolute atomic E-state index is 0.597. The van der Waals surface area contributed by atoms with Gasteiger partial charge < -0.3 is 9.47 Å². The second-order valence-corrected chi connectivity index (χ2v) is 5.33. The van der Waals surface area contributed by atoms with Gasteiger partial charge in [-0.1, -0.05) is 0 Å². The first kappa shape index (κ1) is 10.3. The Morgan fingerprint density at radius 3 is 2.88 bits per heavy atom. The van der Waals surface area contributed by atoms with E-state index in [9.17, 15) is 0 Å². The quantitative estimate of drug-likeness (QED) is 0.721. The molecule has 0 spiro atoms. The molecular formula is C12H20N4. The molecule has 2 atom stereocenters. The Morgan fingerprint density at radius 2 is 2.12 bits per heavy atom. The maximum absolute atomic E-state index is 4.45. The molecule has 1 saturated heterocycles. The van der Waals surface area contributed by atoms with E-state index in [-0.39, 0.29) is 0 Å². The molecule has 16 heavy (non-hydrogen) atoms. The van der Waals surface area contributed by atoms with Gasteiger partial charge in [-0.15, -0.1) is 10.2 Å². The number of likely N-dealkylation sites (N-methyl/N-ethyl adjacent to an activating group) is 1. The normalized spacial score (nSPS) is 30.6. The fourth-order valence-corrected chi connectivity index (χ4v) is 3.10. The van der Waals surface area contributed by atoms with Crippen LogP contribution in [0.3, 0.4) is 0 Å². The van der Waals surface area contributed by atoms with Crippen molar-refractivity contribution in [1.29, 1.82) is 0 Å². The summed E-state index contributed by atoms with van der Waals surface area (Å²) in [6, 6.07) is 0.597. The smallest absolute Gasteiger partial charge is 0.137 e. The van der Waals surface area contributed by atoms with E-state index in [1.165, 1.54) is 37.5 Å². The molecule has 0 amide bonds. The van der Waals surface area contributed by atoms with Crippen LogP contribution in [0.1, 0.15) is 49.8 Å². The third-order valence-electron chi connectivity index (χ3n) is 4.01. The molecule has 4 nitrogen and oxygen atoms in total. The van der Waals surface area contributed by atoms with Crippen LogP contribution in [0, 0.1) is 0 Å². The SMILES string of the molecule is CC1CCCc2nnc(C3CCN(C)C3)n21. The van der Waals surface area contributed by atoms with Crippen LogP contribution in [-0.2, 0) is 6.42 Å². The lowest BCUT2D eigenvalue weighted by Gasteiger charge is -2.24. The summed E-state index contributed by atoms with van der Waals surface area (Å²) in [7, 11) is 2.19. The summed E-state index contributed by atoms with van der Waals surface area (Å²) < 4.78 is 2.41. The lowest BCUT2D eigenvalue weighted by molar-refractivity contribution is 0.388. The van der Waals surface area contributed by atoms with E-state index in [0.29, 0.717) is 12.0 Å². The highest BCUT2D eigenvalue weighted by molar-refractivity contribution is 5.08. The zero-order chi connectivity index (χ0) is 11.1. The molecule has 0 bridgehead atoms. The Bertz CT molecular complexity index is 384. The fourth-order valence-electron chi connectivity index (χ4n) is 3.10. The Morgan fingerprint density at radius 1 is 1.25 bits per heavy atom. The summed E-state index contributed by atoms with van der Waals surface area (Å²) in [4.78, 5) is 2.39. The maximum Gasteiger partial charge on any atom is 0.137 e. The van der Waals surface area contributed by atoms with Crippen molar-refractivity contribution in [2.24, 2.45) is 0 Å².